The van der Waals surface area contributed by atoms with E-state index in [2.05, 4.69) is 32.3 Å². The summed E-state index contributed by atoms with van der Waals surface area (Å²) in [7, 11) is 0. The quantitative estimate of drug-likeness (QED) is 0.833. The molecule has 1 amide bonds. The zero-order valence-electron chi connectivity index (χ0n) is 15.4. The fourth-order valence-electron chi connectivity index (χ4n) is 2.56. The number of ether oxygens (including phenoxy) is 1. The van der Waals surface area contributed by atoms with Gasteiger partial charge in [-0.3, -0.25) is 0 Å². The number of piperidine rings is 1. The highest BCUT2D eigenvalue weighted by atomic mass is 32.2. The first-order chi connectivity index (χ1) is 10.0. The summed E-state index contributed by atoms with van der Waals surface area (Å²) >= 11 is 1.88. The zero-order chi connectivity index (χ0) is 17.0. The van der Waals surface area contributed by atoms with Gasteiger partial charge in [0.15, 0.2) is 0 Å². The number of carbonyl (C=O) groups excluding carboxylic acids is 1. The molecule has 1 aliphatic rings. The topological polar surface area (TPSA) is 41.6 Å². The highest BCUT2D eigenvalue weighted by Crippen LogP contribution is 2.24. The van der Waals surface area contributed by atoms with Gasteiger partial charge in [-0.1, -0.05) is 0 Å². The van der Waals surface area contributed by atoms with Crippen molar-refractivity contribution in [3.8, 4) is 0 Å². The fraction of sp³-hybridized carbons (Fsp3) is 0.941. The van der Waals surface area contributed by atoms with E-state index in [1.54, 1.807) is 0 Å². The van der Waals surface area contributed by atoms with Crippen LogP contribution in [-0.4, -0.2) is 53.3 Å². The molecule has 2 atom stereocenters. The lowest BCUT2D eigenvalue weighted by Crippen LogP contribution is -2.49. The molecule has 1 heterocycles. The second kappa shape index (κ2) is 7.91. The van der Waals surface area contributed by atoms with E-state index in [0.29, 0.717) is 12.0 Å². The molecule has 0 spiro atoms. The normalized spacial score (nSPS) is 21.6. The number of amides is 1. The lowest BCUT2D eigenvalue weighted by Gasteiger charge is -2.37. The van der Waals surface area contributed by atoms with Crippen molar-refractivity contribution in [2.24, 2.45) is 5.92 Å². The van der Waals surface area contributed by atoms with Gasteiger partial charge in [0.05, 0.1) is 0 Å². The average Bonchev–Trinajstić information content (AvgIpc) is 2.43. The van der Waals surface area contributed by atoms with E-state index < -0.39 is 5.60 Å². The molecule has 22 heavy (non-hydrogen) atoms. The minimum Gasteiger partial charge on any atom is -0.444 e. The molecule has 0 saturated carbocycles. The van der Waals surface area contributed by atoms with Crippen LogP contribution in [0.15, 0.2) is 0 Å². The Kier molecular flexibility index (Phi) is 7.06. The maximum atomic E-state index is 12.2. The van der Waals surface area contributed by atoms with Gasteiger partial charge >= 0.3 is 6.09 Å². The minimum atomic E-state index is -0.420. The lowest BCUT2D eigenvalue weighted by atomic mass is 9.91. The molecule has 130 valence electrons. The number of nitrogens with one attached hydrogen (secondary N) is 1. The van der Waals surface area contributed by atoms with Crippen LogP contribution in [0.2, 0.25) is 0 Å². The number of hydrogen-bond donors (Lipinski definition) is 1. The second-order valence-electron chi connectivity index (χ2n) is 7.96. The van der Waals surface area contributed by atoms with Crippen LogP contribution in [0.3, 0.4) is 0 Å². The molecule has 1 aliphatic heterocycles. The number of likely N-dealkylation sites (tertiary alicyclic amines) is 1. The van der Waals surface area contributed by atoms with Gasteiger partial charge in [-0.05, 0) is 66.6 Å². The summed E-state index contributed by atoms with van der Waals surface area (Å²) in [4.78, 5) is 14.1. The van der Waals surface area contributed by atoms with E-state index in [4.69, 9.17) is 4.74 Å². The number of nitrogens with zero attached hydrogens (tertiary/aromatic N) is 1. The Morgan fingerprint density at radius 1 is 1.36 bits per heavy atom. The van der Waals surface area contributed by atoms with Crippen molar-refractivity contribution in [3.05, 3.63) is 0 Å². The molecule has 2 unspecified atom stereocenters. The molecule has 0 aromatic rings. The SMILES string of the molecule is CSC(C)(C)CNC(C)C1CCCN(C(=O)OC(C)(C)C)C1. The molecular formula is C17H34N2O2S. The molecule has 1 saturated heterocycles. The molecule has 5 heteroatoms. The van der Waals surface area contributed by atoms with Crippen molar-refractivity contribution in [1.29, 1.82) is 0 Å². The van der Waals surface area contributed by atoms with Crippen LogP contribution < -0.4 is 5.32 Å². The summed E-state index contributed by atoms with van der Waals surface area (Å²) < 4.78 is 5.74. The molecule has 0 aromatic heterocycles. The summed E-state index contributed by atoms with van der Waals surface area (Å²) in [5.41, 5.74) is -0.420. The molecule has 1 fully saturated rings. The van der Waals surface area contributed by atoms with Gasteiger partial charge in [0.25, 0.3) is 0 Å². The molecule has 0 aromatic carbocycles. The summed E-state index contributed by atoms with van der Waals surface area (Å²) in [6, 6.07) is 0.414. The summed E-state index contributed by atoms with van der Waals surface area (Å²) in [6.45, 7) is 15.1. The number of rotatable bonds is 5. The van der Waals surface area contributed by atoms with Crippen LogP contribution >= 0.6 is 11.8 Å². The van der Waals surface area contributed by atoms with Crippen molar-refractivity contribution in [2.75, 3.05) is 25.9 Å². The van der Waals surface area contributed by atoms with Gasteiger partial charge in [0, 0.05) is 30.4 Å². The van der Waals surface area contributed by atoms with Crippen molar-refractivity contribution in [2.45, 2.75) is 70.8 Å². The Morgan fingerprint density at radius 3 is 2.55 bits per heavy atom. The number of thioether (sulfide) groups is 1. The average molecular weight is 331 g/mol. The lowest BCUT2D eigenvalue weighted by molar-refractivity contribution is 0.0148. The van der Waals surface area contributed by atoms with Gasteiger partial charge in [0.1, 0.15) is 5.60 Å². The third-order valence-electron chi connectivity index (χ3n) is 4.22. The highest BCUT2D eigenvalue weighted by molar-refractivity contribution is 7.99. The maximum Gasteiger partial charge on any atom is 0.410 e. The second-order valence-corrected chi connectivity index (χ2v) is 9.48. The van der Waals surface area contributed by atoms with Crippen LogP contribution in [0.1, 0.15) is 54.4 Å². The first-order valence-corrected chi connectivity index (χ1v) is 9.53. The van der Waals surface area contributed by atoms with E-state index in [-0.39, 0.29) is 10.8 Å². The van der Waals surface area contributed by atoms with E-state index in [0.717, 1.165) is 26.1 Å². The Balaban J connectivity index is 2.50. The van der Waals surface area contributed by atoms with E-state index in [1.807, 2.05) is 37.4 Å². The van der Waals surface area contributed by atoms with Crippen molar-refractivity contribution < 1.29 is 9.53 Å². The molecule has 0 aliphatic carbocycles. The molecule has 1 N–H and O–H groups in total. The van der Waals surface area contributed by atoms with Crippen molar-refractivity contribution >= 4 is 17.9 Å². The van der Waals surface area contributed by atoms with Crippen molar-refractivity contribution in [1.82, 2.24) is 10.2 Å². The Bertz CT molecular complexity index is 366. The van der Waals surface area contributed by atoms with Gasteiger partial charge in [0.2, 0.25) is 0 Å². The monoisotopic (exact) mass is 330 g/mol. The van der Waals surface area contributed by atoms with E-state index in [9.17, 15) is 4.79 Å². The summed E-state index contributed by atoms with van der Waals surface area (Å²) in [5, 5.41) is 3.65. The largest absolute Gasteiger partial charge is 0.444 e. The van der Waals surface area contributed by atoms with Crippen LogP contribution in [0.5, 0.6) is 0 Å². The smallest absolute Gasteiger partial charge is 0.410 e. The van der Waals surface area contributed by atoms with Gasteiger partial charge in [-0.25, -0.2) is 4.79 Å². The third kappa shape index (κ3) is 6.78. The fourth-order valence-corrected chi connectivity index (χ4v) is 2.78. The van der Waals surface area contributed by atoms with Crippen LogP contribution in [0.4, 0.5) is 4.79 Å². The zero-order valence-corrected chi connectivity index (χ0v) is 16.2. The summed E-state index contributed by atoms with van der Waals surface area (Å²) in [6.07, 6.45) is 4.21. The highest BCUT2D eigenvalue weighted by Gasteiger charge is 2.30. The van der Waals surface area contributed by atoms with Gasteiger partial charge < -0.3 is 15.0 Å². The molecular weight excluding hydrogens is 296 g/mol. The molecule has 0 bridgehead atoms. The predicted molar refractivity (Wildman–Crippen MR) is 95.6 cm³/mol. The number of carbonyl (C=O) groups is 1. The molecule has 1 rings (SSSR count). The Hall–Kier alpha value is -0.420. The van der Waals surface area contributed by atoms with Crippen LogP contribution in [0, 0.1) is 5.92 Å². The third-order valence-corrected chi connectivity index (χ3v) is 5.47. The Labute approximate surface area is 140 Å². The van der Waals surface area contributed by atoms with Crippen LogP contribution in [-0.2, 0) is 4.74 Å². The van der Waals surface area contributed by atoms with Crippen LogP contribution in [0.25, 0.3) is 0 Å². The summed E-state index contributed by atoms with van der Waals surface area (Å²) in [5.74, 6) is 0.499. The first-order valence-electron chi connectivity index (χ1n) is 8.30. The Morgan fingerprint density at radius 2 is 2.00 bits per heavy atom. The van der Waals surface area contributed by atoms with Gasteiger partial charge in [-0.2, -0.15) is 11.8 Å². The van der Waals surface area contributed by atoms with E-state index >= 15 is 0 Å². The van der Waals surface area contributed by atoms with Crippen molar-refractivity contribution in [3.63, 3.8) is 0 Å². The predicted octanol–water partition coefficient (Wildman–Crippen LogP) is 3.75. The standard InChI is InChI=1S/C17H34N2O2S/c1-13(18-12-17(5,6)22-7)14-9-8-10-19(11-14)15(20)21-16(2,3)4/h13-14,18H,8-12H2,1-7H3. The van der Waals surface area contributed by atoms with E-state index in [1.165, 1.54) is 6.42 Å². The maximum absolute atomic E-state index is 12.2. The molecule has 0 radical (unpaired) electrons. The first kappa shape index (κ1) is 19.6. The number of hydrogen-bond acceptors (Lipinski definition) is 4. The van der Waals surface area contributed by atoms with Gasteiger partial charge in [-0.15, -0.1) is 0 Å². The minimum absolute atomic E-state index is 0.172. The molecule has 4 nitrogen and oxygen atoms in total.